The van der Waals surface area contributed by atoms with E-state index in [4.69, 9.17) is 18.9 Å². The number of nitrogens with one attached hydrogen (secondary N) is 2. The highest BCUT2D eigenvalue weighted by Crippen LogP contribution is 2.36. The van der Waals surface area contributed by atoms with E-state index in [9.17, 15) is 4.79 Å². The molecule has 0 aliphatic heterocycles. The lowest BCUT2D eigenvalue weighted by atomic mass is 10.2. The number of anilines is 1. The molecule has 0 aliphatic carbocycles. The Morgan fingerprint density at radius 2 is 1.92 bits per heavy atom. The molecule has 2 aromatic heterocycles. The van der Waals surface area contributed by atoms with Crippen molar-refractivity contribution < 1.29 is 23.7 Å². The van der Waals surface area contributed by atoms with E-state index in [1.165, 1.54) is 4.88 Å². The summed E-state index contributed by atoms with van der Waals surface area (Å²) in [4.78, 5) is 22.1. The van der Waals surface area contributed by atoms with Gasteiger partial charge >= 0.3 is 6.09 Å². The van der Waals surface area contributed by atoms with Crippen LogP contribution in [0.15, 0.2) is 28.1 Å². The third kappa shape index (κ3) is 8.21. The van der Waals surface area contributed by atoms with Gasteiger partial charge < -0.3 is 29.6 Å². The summed E-state index contributed by atoms with van der Waals surface area (Å²) in [6.45, 7) is 10.8. The van der Waals surface area contributed by atoms with Crippen molar-refractivity contribution in [2.45, 2.75) is 46.3 Å². The van der Waals surface area contributed by atoms with Gasteiger partial charge in [-0.05, 0) is 62.7 Å². The lowest BCUT2D eigenvalue weighted by molar-refractivity contribution is 0.0488. The van der Waals surface area contributed by atoms with E-state index in [0.717, 1.165) is 21.2 Å². The minimum absolute atomic E-state index is 0.0719. The number of rotatable bonds is 11. The van der Waals surface area contributed by atoms with Gasteiger partial charge in [-0.1, -0.05) is 0 Å². The Morgan fingerprint density at radius 3 is 2.58 bits per heavy atom. The Labute approximate surface area is 224 Å². The zero-order valence-electron chi connectivity index (χ0n) is 21.4. The van der Waals surface area contributed by atoms with Gasteiger partial charge in [-0.25, -0.2) is 14.8 Å². The Kier molecular flexibility index (Phi) is 9.75. The highest BCUT2D eigenvalue weighted by Gasteiger charge is 2.17. The van der Waals surface area contributed by atoms with Crippen molar-refractivity contribution in [1.82, 2.24) is 15.3 Å². The number of aryl methyl sites for hydroxylation is 1. The van der Waals surface area contributed by atoms with Gasteiger partial charge in [-0.3, -0.25) is 0 Å². The molecule has 2 heterocycles. The zero-order valence-corrected chi connectivity index (χ0v) is 23.8. The molecule has 9 nitrogen and oxygen atoms in total. The molecular weight excluding hydrogens is 548 g/mol. The number of aromatic nitrogens is 2. The van der Waals surface area contributed by atoms with Gasteiger partial charge in [-0.15, -0.1) is 11.3 Å². The van der Waals surface area contributed by atoms with E-state index in [1.807, 2.05) is 39.8 Å². The number of nitrogens with zero attached hydrogens (tertiary/aromatic N) is 2. The fourth-order valence-corrected chi connectivity index (χ4v) is 4.77. The normalized spacial score (nSPS) is 12.3. The molecule has 2 N–H and O–H groups in total. The fraction of sp³-hybridized carbons (Fsp3) is 0.480. The highest BCUT2D eigenvalue weighted by atomic mass is 79.9. The first-order valence-corrected chi connectivity index (χ1v) is 13.3. The lowest BCUT2D eigenvalue weighted by Gasteiger charge is -2.19. The second-order valence-electron chi connectivity index (χ2n) is 9.06. The Hall–Kier alpha value is -2.63. The molecule has 3 aromatic rings. The van der Waals surface area contributed by atoms with Crippen molar-refractivity contribution in [3.63, 3.8) is 0 Å². The van der Waals surface area contributed by atoms with Crippen molar-refractivity contribution in [2.24, 2.45) is 0 Å². The van der Waals surface area contributed by atoms with E-state index >= 15 is 0 Å². The number of halogens is 1. The number of carbonyl (C=O) groups excluding carboxylic acids is 1. The molecule has 0 saturated carbocycles. The monoisotopic (exact) mass is 580 g/mol. The molecule has 0 aliphatic rings. The summed E-state index contributed by atoms with van der Waals surface area (Å²) in [5.74, 6) is 2.54. The number of carbonyl (C=O) groups is 1. The number of amides is 1. The standard InChI is InChI=1S/C25H33BrN4O5S/c1-15(22-11-17(26)14-36-22)28-23-18-12-20(32-6)21(13-19(18)29-16(2)30-23)34-10-9-33-8-7-27-24(31)35-25(3,4)5/h11-15H,7-10H2,1-6H3,(H,27,31)(H,28,29,30). The highest BCUT2D eigenvalue weighted by molar-refractivity contribution is 9.10. The maximum atomic E-state index is 11.6. The van der Waals surface area contributed by atoms with Gasteiger partial charge in [-0.2, -0.15) is 0 Å². The average molecular weight is 582 g/mol. The number of hydrogen-bond acceptors (Lipinski definition) is 9. The molecule has 196 valence electrons. The number of benzene rings is 1. The minimum Gasteiger partial charge on any atom is -0.493 e. The summed E-state index contributed by atoms with van der Waals surface area (Å²) in [7, 11) is 1.60. The van der Waals surface area contributed by atoms with Crippen LogP contribution in [0.1, 0.15) is 44.4 Å². The number of methoxy groups -OCH3 is 1. The molecule has 1 atom stereocenters. The second kappa shape index (κ2) is 12.6. The number of ether oxygens (including phenoxy) is 4. The molecule has 0 saturated heterocycles. The molecule has 1 aromatic carbocycles. The van der Waals surface area contributed by atoms with Crippen LogP contribution in [0.5, 0.6) is 11.5 Å². The first kappa shape index (κ1) is 27.9. The van der Waals surface area contributed by atoms with Crippen molar-refractivity contribution in [1.29, 1.82) is 0 Å². The van der Waals surface area contributed by atoms with Gasteiger partial charge in [0.05, 0.1) is 31.9 Å². The van der Waals surface area contributed by atoms with Gasteiger partial charge in [0.2, 0.25) is 0 Å². The lowest BCUT2D eigenvalue weighted by Crippen LogP contribution is -2.34. The minimum atomic E-state index is -0.530. The van der Waals surface area contributed by atoms with Crippen LogP contribution in [0.2, 0.25) is 0 Å². The van der Waals surface area contributed by atoms with E-state index < -0.39 is 11.7 Å². The summed E-state index contributed by atoms with van der Waals surface area (Å²) in [5, 5.41) is 9.06. The van der Waals surface area contributed by atoms with Crippen LogP contribution in [0.25, 0.3) is 10.9 Å². The third-order valence-corrected chi connectivity index (χ3v) is 6.74. The number of hydrogen-bond donors (Lipinski definition) is 2. The molecule has 11 heteroatoms. The maximum absolute atomic E-state index is 11.6. The SMILES string of the molecule is COc1cc2c(NC(C)c3cc(Br)cs3)nc(C)nc2cc1OCCOCCNC(=O)OC(C)(C)C. The van der Waals surface area contributed by atoms with Gasteiger partial charge in [0.15, 0.2) is 11.5 Å². The van der Waals surface area contributed by atoms with Crippen LogP contribution < -0.4 is 20.1 Å². The Bertz CT molecular complexity index is 1180. The molecule has 1 amide bonds. The van der Waals surface area contributed by atoms with Crippen LogP contribution >= 0.6 is 27.3 Å². The first-order chi connectivity index (χ1) is 17.1. The number of alkyl carbamates (subject to hydrolysis) is 1. The average Bonchev–Trinajstić information content (AvgIpc) is 3.23. The first-order valence-electron chi connectivity index (χ1n) is 11.6. The van der Waals surface area contributed by atoms with E-state index in [0.29, 0.717) is 43.7 Å². The van der Waals surface area contributed by atoms with Crippen LogP contribution in [0, 0.1) is 6.92 Å². The Morgan fingerprint density at radius 1 is 1.14 bits per heavy atom. The van der Waals surface area contributed by atoms with Crippen LogP contribution in [-0.2, 0) is 9.47 Å². The third-order valence-electron chi connectivity index (χ3n) is 4.86. The zero-order chi connectivity index (χ0) is 26.3. The van der Waals surface area contributed by atoms with Gasteiger partial charge in [0.25, 0.3) is 0 Å². The molecule has 0 fully saturated rings. The topological polar surface area (TPSA) is 104 Å². The largest absolute Gasteiger partial charge is 0.493 e. The van der Waals surface area contributed by atoms with Crippen molar-refractivity contribution in [3.8, 4) is 11.5 Å². The van der Waals surface area contributed by atoms with Gasteiger partial charge in [0.1, 0.15) is 23.9 Å². The summed E-state index contributed by atoms with van der Waals surface area (Å²) in [5.41, 5.74) is 0.223. The second-order valence-corrected chi connectivity index (χ2v) is 10.9. The van der Waals surface area contributed by atoms with Gasteiger partial charge in [0, 0.05) is 32.7 Å². The van der Waals surface area contributed by atoms with Crippen molar-refractivity contribution >= 4 is 50.1 Å². The molecule has 3 rings (SSSR count). The number of thiophene rings is 1. The van der Waals surface area contributed by atoms with E-state index in [2.05, 4.69) is 54.9 Å². The molecule has 0 radical (unpaired) electrons. The maximum Gasteiger partial charge on any atom is 0.407 e. The molecule has 0 bridgehead atoms. The van der Waals surface area contributed by atoms with Crippen LogP contribution in [-0.4, -0.2) is 55.1 Å². The van der Waals surface area contributed by atoms with Crippen LogP contribution in [0.3, 0.4) is 0 Å². The molecule has 0 spiro atoms. The molecular formula is C25H33BrN4O5S. The predicted molar refractivity (Wildman–Crippen MR) is 145 cm³/mol. The number of fused-ring (bicyclic) bond motifs is 1. The van der Waals surface area contributed by atoms with E-state index in [-0.39, 0.29) is 6.04 Å². The predicted octanol–water partition coefficient (Wildman–Crippen LogP) is 5.86. The van der Waals surface area contributed by atoms with Crippen LogP contribution in [0.4, 0.5) is 10.6 Å². The summed E-state index contributed by atoms with van der Waals surface area (Å²) in [6.07, 6.45) is -0.466. The summed E-state index contributed by atoms with van der Waals surface area (Å²) in [6, 6.07) is 5.91. The molecule has 1 unspecified atom stereocenters. The van der Waals surface area contributed by atoms with Crippen molar-refractivity contribution in [3.05, 3.63) is 38.8 Å². The fourth-order valence-electron chi connectivity index (χ4n) is 3.32. The smallest absolute Gasteiger partial charge is 0.407 e. The van der Waals surface area contributed by atoms with Crippen molar-refractivity contribution in [2.75, 3.05) is 38.8 Å². The summed E-state index contributed by atoms with van der Waals surface area (Å²) < 4.78 is 23.3. The molecule has 36 heavy (non-hydrogen) atoms. The summed E-state index contributed by atoms with van der Waals surface area (Å²) >= 11 is 5.19. The Balaban J connectivity index is 1.59. The quantitative estimate of drug-likeness (QED) is 0.271. The van der Waals surface area contributed by atoms with E-state index in [1.54, 1.807) is 18.4 Å².